The molecule has 1 aromatic rings. The van der Waals surface area contributed by atoms with Crippen molar-refractivity contribution < 1.29 is 4.79 Å². The highest BCUT2D eigenvalue weighted by molar-refractivity contribution is 7.99. The highest BCUT2D eigenvalue weighted by atomic mass is 32.2. The van der Waals surface area contributed by atoms with Crippen molar-refractivity contribution in [1.82, 2.24) is 5.32 Å². The second-order valence-electron chi connectivity index (χ2n) is 4.36. The van der Waals surface area contributed by atoms with Gasteiger partial charge in [0.2, 0.25) is 5.91 Å². The largest absolute Gasteiger partial charge is 0.366 e. The van der Waals surface area contributed by atoms with Gasteiger partial charge in [-0.2, -0.15) is 11.8 Å². The smallest absolute Gasteiger partial charge is 0.248 e. The Morgan fingerprint density at radius 3 is 2.76 bits per heavy atom. The second-order valence-corrected chi connectivity index (χ2v) is 5.51. The lowest BCUT2D eigenvalue weighted by atomic mass is 10.1. The summed E-state index contributed by atoms with van der Waals surface area (Å²) in [6.07, 6.45) is 2.58. The third kappa shape index (κ3) is 3.75. The zero-order chi connectivity index (χ0) is 12.1. The van der Waals surface area contributed by atoms with Crippen LogP contribution in [0.15, 0.2) is 24.3 Å². The molecule has 17 heavy (non-hydrogen) atoms. The number of primary amides is 1. The van der Waals surface area contributed by atoms with Crippen LogP contribution in [0, 0.1) is 0 Å². The maximum absolute atomic E-state index is 10.9. The number of hydrogen-bond donors (Lipinski definition) is 2. The number of carbonyl (C=O) groups excluding carboxylic acids is 1. The number of nitrogens with one attached hydrogen (secondary N) is 1. The number of carbonyl (C=O) groups is 1. The summed E-state index contributed by atoms with van der Waals surface area (Å²) in [5.41, 5.74) is 6.97. The predicted octanol–water partition coefficient (Wildman–Crippen LogP) is 1.77. The van der Waals surface area contributed by atoms with Crippen LogP contribution >= 0.6 is 11.8 Å². The Morgan fingerprint density at radius 1 is 1.41 bits per heavy atom. The van der Waals surface area contributed by atoms with Crippen LogP contribution in [0.4, 0.5) is 0 Å². The summed E-state index contributed by atoms with van der Waals surface area (Å²) in [5.74, 6) is 2.14. The maximum Gasteiger partial charge on any atom is 0.248 e. The van der Waals surface area contributed by atoms with Gasteiger partial charge in [0.05, 0.1) is 0 Å². The summed E-state index contributed by atoms with van der Waals surface area (Å²) >= 11 is 2.02. The van der Waals surface area contributed by atoms with Crippen molar-refractivity contribution in [2.24, 2.45) is 5.73 Å². The van der Waals surface area contributed by atoms with E-state index in [0.717, 1.165) is 6.54 Å². The van der Waals surface area contributed by atoms with Crippen LogP contribution in [-0.2, 0) is 6.54 Å². The Hall–Kier alpha value is -1.00. The second kappa shape index (κ2) is 6.07. The van der Waals surface area contributed by atoms with Gasteiger partial charge in [0, 0.05) is 23.9 Å². The molecule has 2 rings (SSSR count). The van der Waals surface area contributed by atoms with Gasteiger partial charge in [-0.3, -0.25) is 4.79 Å². The molecule has 0 spiro atoms. The molecule has 0 aliphatic carbocycles. The molecule has 0 bridgehead atoms. The van der Waals surface area contributed by atoms with Crippen LogP contribution in [0.2, 0.25) is 0 Å². The van der Waals surface area contributed by atoms with Crippen molar-refractivity contribution in [2.75, 3.05) is 11.5 Å². The number of benzene rings is 1. The quantitative estimate of drug-likeness (QED) is 0.856. The fourth-order valence-electron chi connectivity index (χ4n) is 1.95. The fraction of sp³-hybridized carbons (Fsp3) is 0.462. The molecule has 92 valence electrons. The first-order valence-corrected chi connectivity index (χ1v) is 7.11. The van der Waals surface area contributed by atoms with E-state index in [1.807, 2.05) is 23.9 Å². The molecule has 1 aliphatic rings. The summed E-state index contributed by atoms with van der Waals surface area (Å²) in [5, 5.41) is 3.55. The summed E-state index contributed by atoms with van der Waals surface area (Å²) in [6.45, 7) is 0.865. The SMILES string of the molecule is NC(=O)c1ccc(CN[C@H]2CCCSC2)cc1. The van der Waals surface area contributed by atoms with Crippen LogP contribution in [0.3, 0.4) is 0 Å². The topological polar surface area (TPSA) is 55.1 Å². The van der Waals surface area contributed by atoms with E-state index in [4.69, 9.17) is 5.73 Å². The zero-order valence-electron chi connectivity index (χ0n) is 9.82. The zero-order valence-corrected chi connectivity index (χ0v) is 10.6. The Bertz CT molecular complexity index is 372. The van der Waals surface area contributed by atoms with Crippen LogP contribution in [0.1, 0.15) is 28.8 Å². The molecule has 1 aromatic carbocycles. The van der Waals surface area contributed by atoms with Gasteiger partial charge in [-0.05, 0) is 36.3 Å². The van der Waals surface area contributed by atoms with Crippen molar-refractivity contribution in [2.45, 2.75) is 25.4 Å². The van der Waals surface area contributed by atoms with E-state index in [9.17, 15) is 4.79 Å². The van der Waals surface area contributed by atoms with E-state index in [2.05, 4.69) is 5.32 Å². The predicted molar refractivity (Wildman–Crippen MR) is 72.1 cm³/mol. The minimum atomic E-state index is -0.367. The van der Waals surface area contributed by atoms with Crippen LogP contribution in [-0.4, -0.2) is 23.5 Å². The summed E-state index contributed by atoms with van der Waals surface area (Å²) in [4.78, 5) is 10.9. The Morgan fingerprint density at radius 2 is 2.18 bits per heavy atom. The number of rotatable bonds is 4. The lowest BCUT2D eigenvalue weighted by Gasteiger charge is -2.22. The highest BCUT2D eigenvalue weighted by Crippen LogP contribution is 2.17. The van der Waals surface area contributed by atoms with E-state index in [0.29, 0.717) is 11.6 Å². The molecule has 0 saturated carbocycles. The first-order valence-electron chi connectivity index (χ1n) is 5.95. The van der Waals surface area contributed by atoms with Crippen molar-refractivity contribution in [3.05, 3.63) is 35.4 Å². The number of thioether (sulfide) groups is 1. The summed E-state index contributed by atoms with van der Waals surface area (Å²) in [7, 11) is 0. The monoisotopic (exact) mass is 250 g/mol. The third-order valence-electron chi connectivity index (χ3n) is 2.99. The Kier molecular flexibility index (Phi) is 4.45. The van der Waals surface area contributed by atoms with Gasteiger partial charge in [-0.1, -0.05) is 12.1 Å². The lowest BCUT2D eigenvalue weighted by Crippen LogP contribution is -2.33. The first kappa shape index (κ1) is 12.5. The molecular weight excluding hydrogens is 232 g/mol. The summed E-state index contributed by atoms with van der Waals surface area (Å²) in [6, 6.07) is 8.13. The molecule has 3 N–H and O–H groups in total. The minimum Gasteiger partial charge on any atom is -0.366 e. The molecule has 3 nitrogen and oxygen atoms in total. The summed E-state index contributed by atoms with van der Waals surface area (Å²) < 4.78 is 0. The molecule has 1 atom stereocenters. The van der Waals surface area contributed by atoms with E-state index >= 15 is 0 Å². The van der Waals surface area contributed by atoms with E-state index in [1.165, 1.54) is 29.9 Å². The molecule has 1 heterocycles. The average molecular weight is 250 g/mol. The Balaban J connectivity index is 1.84. The molecule has 4 heteroatoms. The minimum absolute atomic E-state index is 0.367. The molecule has 0 aromatic heterocycles. The highest BCUT2D eigenvalue weighted by Gasteiger charge is 2.12. The molecule has 0 unspecified atom stereocenters. The first-order chi connectivity index (χ1) is 8.25. The standard InChI is InChI=1S/C13H18N2OS/c14-13(16)11-5-3-10(4-6-11)8-15-12-2-1-7-17-9-12/h3-6,12,15H,1-2,7-9H2,(H2,14,16)/t12-/m0/s1. The number of nitrogens with two attached hydrogens (primary N) is 1. The molecule has 1 saturated heterocycles. The van der Waals surface area contributed by atoms with Gasteiger partial charge in [-0.25, -0.2) is 0 Å². The lowest BCUT2D eigenvalue weighted by molar-refractivity contribution is 0.100. The molecular formula is C13H18N2OS. The van der Waals surface area contributed by atoms with Gasteiger partial charge in [0.15, 0.2) is 0 Å². The average Bonchev–Trinajstić information content (AvgIpc) is 2.38. The van der Waals surface area contributed by atoms with Crippen molar-refractivity contribution in [3.8, 4) is 0 Å². The van der Waals surface area contributed by atoms with Crippen molar-refractivity contribution >= 4 is 17.7 Å². The van der Waals surface area contributed by atoms with Gasteiger partial charge in [0.25, 0.3) is 0 Å². The van der Waals surface area contributed by atoms with E-state index in [-0.39, 0.29) is 5.91 Å². The number of hydrogen-bond acceptors (Lipinski definition) is 3. The van der Waals surface area contributed by atoms with Crippen LogP contribution in [0.5, 0.6) is 0 Å². The van der Waals surface area contributed by atoms with Crippen molar-refractivity contribution in [1.29, 1.82) is 0 Å². The van der Waals surface area contributed by atoms with Gasteiger partial charge < -0.3 is 11.1 Å². The molecule has 1 aliphatic heterocycles. The molecule has 0 radical (unpaired) electrons. The van der Waals surface area contributed by atoms with Gasteiger partial charge >= 0.3 is 0 Å². The van der Waals surface area contributed by atoms with E-state index < -0.39 is 0 Å². The molecule has 1 amide bonds. The fourth-order valence-corrected chi connectivity index (χ4v) is 3.06. The maximum atomic E-state index is 10.9. The Labute approximate surface area is 106 Å². The van der Waals surface area contributed by atoms with Crippen LogP contribution in [0.25, 0.3) is 0 Å². The van der Waals surface area contributed by atoms with E-state index in [1.54, 1.807) is 12.1 Å². The molecule has 1 fully saturated rings. The van der Waals surface area contributed by atoms with Crippen LogP contribution < -0.4 is 11.1 Å². The number of amides is 1. The van der Waals surface area contributed by atoms with Crippen molar-refractivity contribution in [3.63, 3.8) is 0 Å². The van der Waals surface area contributed by atoms with Gasteiger partial charge in [0.1, 0.15) is 0 Å². The third-order valence-corrected chi connectivity index (χ3v) is 4.21. The van der Waals surface area contributed by atoms with Gasteiger partial charge in [-0.15, -0.1) is 0 Å². The normalized spacial score (nSPS) is 20.1.